The molecule has 1 atom stereocenters. The zero-order valence-corrected chi connectivity index (χ0v) is 14.3. The summed E-state index contributed by atoms with van der Waals surface area (Å²) in [5.41, 5.74) is 2.97. The Morgan fingerprint density at radius 1 is 1.24 bits per heavy atom. The van der Waals surface area contributed by atoms with Gasteiger partial charge in [-0.1, -0.05) is 42.8 Å². The van der Waals surface area contributed by atoms with E-state index in [-0.39, 0.29) is 11.9 Å². The lowest BCUT2D eigenvalue weighted by molar-refractivity contribution is 0.0940. The van der Waals surface area contributed by atoms with Crippen LogP contribution in [0.4, 0.5) is 0 Å². The van der Waals surface area contributed by atoms with Crippen LogP contribution in [0.3, 0.4) is 0 Å². The lowest BCUT2D eigenvalue weighted by Gasteiger charge is -2.15. The Balaban J connectivity index is 2.08. The molecule has 0 spiro atoms. The number of rotatable bonds is 4. The van der Waals surface area contributed by atoms with Crippen molar-refractivity contribution in [2.75, 3.05) is 0 Å². The molecule has 1 N–H and O–H groups in total. The minimum Gasteiger partial charge on any atom is -0.346 e. The molecule has 1 unspecified atom stereocenters. The van der Waals surface area contributed by atoms with Gasteiger partial charge in [0.15, 0.2) is 0 Å². The van der Waals surface area contributed by atoms with E-state index >= 15 is 0 Å². The SMILES string of the molecule is CCc1ccc(C(C)NC(=O)c2ccc(Cl)c(Br)c2)cc1. The molecule has 0 heterocycles. The average Bonchev–Trinajstić information content (AvgIpc) is 2.50. The van der Waals surface area contributed by atoms with Crippen LogP contribution < -0.4 is 5.32 Å². The van der Waals surface area contributed by atoms with Crippen LogP contribution in [0.15, 0.2) is 46.9 Å². The summed E-state index contributed by atoms with van der Waals surface area (Å²) >= 11 is 9.27. The second kappa shape index (κ2) is 7.10. The van der Waals surface area contributed by atoms with Crippen LogP contribution in [0, 0.1) is 0 Å². The van der Waals surface area contributed by atoms with Gasteiger partial charge in [-0.25, -0.2) is 0 Å². The van der Waals surface area contributed by atoms with E-state index in [1.54, 1.807) is 18.2 Å². The number of hydrogen-bond donors (Lipinski definition) is 1. The Morgan fingerprint density at radius 2 is 1.90 bits per heavy atom. The highest BCUT2D eigenvalue weighted by molar-refractivity contribution is 9.10. The highest BCUT2D eigenvalue weighted by Gasteiger charge is 2.12. The lowest BCUT2D eigenvalue weighted by atomic mass is 10.0. The Hall–Kier alpha value is -1.32. The van der Waals surface area contributed by atoms with Gasteiger partial charge in [0.2, 0.25) is 0 Å². The van der Waals surface area contributed by atoms with E-state index in [4.69, 9.17) is 11.6 Å². The maximum Gasteiger partial charge on any atom is 0.251 e. The van der Waals surface area contributed by atoms with E-state index in [1.165, 1.54) is 5.56 Å². The van der Waals surface area contributed by atoms with Crippen LogP contribution in [0.25, 0.3) is 0 Å². The van der Waals surface area contributed by atoms with Crippen LogP contribution in [0.1, 0.15) is 41.4 Å². The van der Waals surface area contributed by atoms with Gasteiger partial charge >= 0.3 is 0 Å². The molecule has 0 fully saturated rings. The maximum absolute atomic E-state index is 12.2. The van der Waals surface area contributed by atoms with Crippen molar-refractivity contribution in [3.05, 3.63) is 68.7 Å². The number of amides is 1. The van der Waals surface area contributed by atoms with Crippen molar-refractivity contribution in [2.24, 2.45) is 0 Å². The molecule has 110 valence electrons. The van der Waals surface area contributed by atoms with Crippen molar-refractivity contribution in [1.82, 2.24) is 5.32 Å². The van der Waals surface area contributed by atoms with E-state index in [0.717, 1.165) is 16.5 Å². The third kappa shape index (κ3) is 4.08. The van der Waals surface area contributed by atoms with Crippen LogP contribution in [-0.2, 0) is 6.42 Å². The molecule has 21 heavy (non-hydrogen) atoms. The molecule has 0 saturated carbocycles. The Kier molecular flexibility index (Phi) is 5.43. The predicted octanol–water partition coefficient (Wildman–Crippen LogP) is 5.16. The van der Waals surface area contributed by atoms with Gasteiger partial charge in [0.05, 0.1) is 11.1 Å². The summed E-state index contributed by atoms with van der Waals surface area (Å²) in [6.07, 6.45) is 1.01. The van der Waals surface area contributed by atoms with E-state index in [2.05, 4.69) is 52.4 Å². The summed E-state index contributed by atoms with van der Waals surface area (Å²) in [6.45, 7) is 4.10. The van der Waals surface area contributed by atoms with Gasteiger partial charge in [-0.05, 0) is 58.6 Å². The standard InChI is InChI=1S/C17H17BrClNO/c1-3-12-4-6-13(7-5-12)11(2)20-17(21)14-8-9-16(19)15(18)10-14/h4-11H,3H2,1-2H3,(H,20,21). The number of aryl methyl sites for hydroxylation is 1. The maximum atomic E-state index is 12.2. The number of halogens is 2. The third-order valence-corrected chi connectivity index (χ3v) is 4.63. The van der Waals surface area contributed by atoms with Gasteiger partial charge in [-0.2, -0.15) is 0 Å². The molecule has 1 amide bonds. The number of carbonyl (C=O) groups is 1. The van der Waals surface area contributed by atoms with Crippen molar-refractivity contribution in [2.45, 2.75) is 26.3 Å². The molecule has 0 aromatic heterocycles. The van der Waals surface area contributed by atoms with Gasteiger partial charge in [0.25, 0.3) is 5.91 Å². The molecule has 2 aromatic carbocycles. The summed E-state index contributed by atoms with van der Waals surface area (Å²) in [5.74, 6) is -0.112. The van der Waals surface area contributed by atoms with Gasteiger partial charge in [-0.3, -0.25) is 4.79 Å². The summed E-state index contributed by atoms with van der Waals surface area (Å²) in [6, 6.07) is 13.4. The monoisotopic (exact) mass is 365 g/mol. The topological polar surface area (TPSA) is 29.1 Å². The van der Waals surface area contributed by atoms with Crippen molar-refractivity contribution >= 4 is 33.4 Å². The first kappa shape index (κ1) is 16.1. The Bertz CT molecular complexity index is 640. The fourth-order valence-electron chi connectivity index (χ4n) is 2.04. The van der Waals surface area contributed by atoms with Crippen LogP contribution in [-0.4, -0.2) is 5.91 Å². The largest absolute Gasteiger partial charge is 0.346 e. The van der Waals surface area contributed by atoms with Gasteiger partial charge in [0.1, 0.15) is 0 Å². The zero-order chi connectivity index (χ0) is 15.4. The quantitative estimate of drug-likeness (QED) is 0.796. The first-order valence-corrected chi connectivity index (χ1v) is 8.03. The van der Waals surface area contributed by atoms with Crippen LogP contribution in [0.5, 0.6) is 0 Å². The van der Waals surface area contributed by atoms with E-state index in [9.17, 15) is 4.79 Å². The summed E-state index contributed by atoms with van der Waals surface area (Å²) in [7, 11) is 0. The number of nitrogens with one attached hydrogen (secondary N) is 1. The molecule has 4 heteroatoms. The van der Waals surface area contributed by atoms with Crippen molar-refractivity contribution < 1.29 is 4.79 Å². The Labute approximate surface area is 138 Å². The first-order chi connectivity index (χ1) is 10.0. The second-order valence-corrected chi connectivity index (χ2v) is 6.18. The minimum atomic E-state index is -0.112. The van der Waals surface area contributed by atoms with Crippen molar-refractivity contribution in [3.63, 3.8) is 0 Å². The van der Waals surface area contributed by atoms with Crippen LogP contribution in [0.2, 0.25) is 5.02 Å². The fourth-order valence-corrected chi connectivity index (χ4v) is 2.54. The molecule has 0 aliphatic heterocycles. The minimum absolute atomic E-state index is 0.0436. The summed E-state index contributed by atoms with van der Waals surface area (Å²) in [4.78, 5) is 12.2. The predicted molar refractivity (Wildman–Crippen MR) is 90.9 cm³/mol. The smallest absolute Gasteiger partial charge is 0.251 e. The molecular formula is C17H17BrClNO. The normalized spacial score (nSPS) is 12.0. The highest BCUT2D eigenvalue weighted by Crippen LogP contribution is 2.23. The first-order valence-electron chi connectivity index (χ1n) is 6.86. The molecule has 2 nitrogen and oxygen atoms in total. The molecule has 0 saturated heterocycles. The third-order valence-electron chi connectivity index (χ3n) is 3.42. The average molecular weight is 367 g/mol. The number of hydrogen-bond acceptors (Lipinski definition) is 1. The molecule has 0 radical (unpaired) electrons. The molecule has 2 aromatic rings. The second-order valence-electron chi connectivity index (χ2n) is 4.92. The molecule has 2 rings (SSSR count). The van der Waals surface area contributed by atoms with E-state index < -0.39 is 0 Å². The zero-order valence-electron chi connectivity index (χ0n) is 12.0. The summed E-state index contributed by atoms with van der Waals surface area (Å²) < 4.78 is 0.719. The van der Waals surface area contributed by atoms with E-state index in [1.807, 2.05) is 6.92 Å². The molecule has 0 aliphatic rings. The van der Waals surface area contributed by atoms with Gasteiger partial charge in [0, 0.05) is 10.0 Å². The van der Waals surface area contributed by atoms with Crippen molar-refractivity contribution in [3.8, 4) is 0 Å². The number of benzene rings is 2. The van der Waals surface area contributed by atoms with Gasteiger partial charge in [-0.15, -0.1) is 0 Å². The Morgan fingerprint density at radius 3 is 2.48 bits per heavy atom. The van der Waals surface area contributed by atoms with E-state index in [0.29, 0.717) is 10.6 Å². The molecular weight excluding hydrogens is 350 g/mol. The lowest BCUT2D eigenvalue weighted by Crippen LogP contribution is -2.26. The van der Waals surface area contributed by atoms with Crippen molar-refractivity contribution in [1.29, 1.82) is 0 Å². The summed E-state index contributed by atoms with van der Waals surface area (Å²) in [5, 5.41) is 3.59. The molecule has 0 bridgehead atoms. The number of carbonyl (C=O) groups excluding carboxylic acids is 1. The molecule has 0 aliphatic carbocycles. The van der Waals surface area contributed by atoms with Crippen LogP contribution >= 0.6 is 27.5 Å². The highest BCUT2D eigenvalue weighted by atomic mass is 79.9. The van der Waals surface area contributed by atoms with Gasteiger partial charge < -0.3 is 5.32 Å². The fraction of sp³-hybridized carbons (Fsp3) is 0.235.